The number of aliphatic hydroxyl groups is 4. The van der Waals surface area contributed by atoms with Gasteiger partial charge in [0.2, 0.25) is 5.79 Å². The molecule has 0 spiro atoms. The third-order valence-corrected chi connectivity index (χ3v) is 9.89. The molecule has 0 radical (unpaired) electrons. The highest BCUT2D eigenvalue weighted by atomic mass is 16.8. The van der Waals surface area contributed by atoms with E-state index in [0.717, 1.165) is 48.1 Å². The molecule has 9 nitrogen and oxygen atoms in total. The summed E-state index contributed by atoms with van der Waals surface area (Å²) in [6.45, 7) is 9.68. The Kier molecular flexibility index (Phi) is 11.5. The minimum atomic E-state index is -1.74. The number of carbonyl (C=O) groups is 2. The highest BCUT2D eigenvalue weighted by molar-refractivity contribution is 5.82. The van der Waals surface area contributed by atoms with Gasteiger partial charge in [0, 0.05) is 31.2 Å². The van der Waals surface area contributed by atoms with E-state index in [4.69, 9.17) is 9.47 Å². The Hall–Kier alpha value is -2.50. The summed E-state index contributed by atoms with van der Waals surface area (Å²) in [7, 11) is 4.00. The molecular formula is C38H55NO8. The average Bonchev–Trinajstić information content (AvgIpc) is 3.37. The lowest BCUT2D eigenvalue weighted by Gasteiger charge is -2.50. The number of aryl methyl sites for hydroxylation is 2. The van der Waals surface area contributed by atoms with Crippen LogP contribution in [-0.4, -0.2) is 93.7 Å². The minimum Gasteiger partial charge on any atom is -0.387 e. The maximum atomic E-state index is 12.7. The normalized spacial score (nSPS) is 26.2. The van der Waals surface area contributed by atoms with Crippen molar-refractivity contribution in [3.8, 4) is 0 Å². The fourth-order valence-electron chi connectivity index (χ4n) is 7.00. The predicted octanol–water partition coefficient (Wildman–Crippen LogP) is 4.00. The van der Waals surface area contributed by atoms with Crippen molar-refractivity contribution >= 4 is 11.6 Å². The lowest BCUT2D eigenvalue weighted by molar-refractivity contribution is -0.348. The number of fused-ring (bicyclic) bond motifs is 2. The van der Waals surface area contributed by atoms with Crippen LogP contribution in [0.5, 0.6) is 0 Å². The maximum Gasteiger partial charge on any atom is 0.225 e. The van der Waals surface area contributed by atoms with Crippen molar-refractivity contribution in [2.45, 2.75) is 121 Å². The number of nitrogens with zero attached hydrogens (tertiary/aromatic N) is 1. The van der Waals surface area contributed by atoms with E-state index in [0.29, 0.717) is 37.7 Å². The molecule has 260 valence electrons. The van der Waals surface area contributed by atoms with Gasteiger partial charge in [-0.1, -0.05) is 50.2 Å². The molecule has 2 aromatic rings. The van der Waals surface area contributed by atoms with Crippen LogP contribution < -0.4 is 0 Å². The smallest absolute Gasteiger partial charge is 0.225 e. The van der Waals surface area contributed by atoms with Crippen LogP contribution in [0.15, 0.2) is 42.5 Å². The van der Waals surface area contributed by atoms with Gasteiger partial charge in [0.05, 0.1) is 12.2 Å². The quantitative estimate of drug-likeness (QED) is 0.212. The summed E-state index contributed by atoms with van der Waals surface area (Å²) < 4.78 is 12.2. The molecule has 47 heavy (non-hydrogen) atoms. The number of ether oxygens (including phenoxy) is 2. The Morgan fingerprint density at radius 2 is 1.49 bits per heavy atom. The number of hydrogen-bond acceptors (Lipinski definition) is 9. The summed E-state index contributed by atoms with van der Waals surface area (Å²) >= 11 is 0. The molecule has 0 aliphatic carbocycles. The van der Waals surface area contributed by atoms with Gasteiger partial charge < -0.3 is 34.8 Å². The van der Waals surface area contributed by atoms with Crippen LogP contribution in [0.2, 0.25) is 0 Å². The number of benzene rings is 2. The second-order valence-electron chi connectivity index (χ2n) is 15.4. The van der Waals surface area contributed by atoms with Gasteiger partial charge in [-0.25, -0.2) is 0 Å². The Bertz CT molecular complexity index is 1400. The van der Waals surface area contributed by atoms with Crippen molar-refractivity contribution in [3.05, 3.63) is 70.3 Å². The fraction of sp³-hybridized carbons (Fsp3) is 0.632. The van der Waals surface area contributed by atoms with Crippen molar-refractivity contribution in [3.63, 3.8) is 0 Å². The highest BCUT2D eigenvalue weighted by Crippen LogP contribution is 2.53. The second kappa shape index (κ2) is 14.5. The first-order chi connectivity index (χ1) is 21.9. The van der Waals surface area contributed by atoms with Gasteiger partial charge >= 0.3 is 0 Å². The van der Waals surface area contributed by atoms with E-state index in [9.17, 15) is 30.0 Å². The molecule has 2 aromatic carbocycles. The van der Waals surface area contributed by atoms with Gasteiger partial charge in [0.1, 0.15) is 29.9 Å². The van der Waals surface area contributed by atoms with E-state index in [1.165, 1.54) is 13.8 Å². The van der Waals surface area contributed by atoms with E-state index >= 15 is 0 Å². The van der Waals surface area contributed by atoms with Crippen LogP contribution >= 0.6 is 0 Å². The SMILES string of the molecule is Cc1ccc([C@]23OC[C@](C(C)(C)O)(O2)[C@@H](O)[C@H](O)[C@H]3O)cc1Cc1ccc(CCCC(=O)CC(C)(C)CC(=O)CCCN(C)C)cc1. The molecule has 2 saturated heterocycles. The first kappa shape index (κ1) is 37.3. The van der Waals surface area contributed by atoms with Crippen molar-refractivity contribution in [2.24, 2.45) is 5.41 Å². The first-order valence-corrected chi connectivity index (χ1v) is 16.9. The monoisotopic (exact) mass is 653 g/mol. The number of rotatable bonds is 16. The summed E-state index contributed by atoms with van der Waals surface area (Å²) in [6.07, 6.45) is 0.201. The molecule has 0 aromatic heterocycles. The molecule has 4 rings (SSSR count). The van der Waals surface area contributed by atoms with Crippen LogP contribution in [0.1, 0.15) is 94.0 Å². The van der Waals surface area contributed by atoms with E-state index in [2.05, 4.69) is 29.2 Å². The van der Waals surface area contributed by atoms with Gasteiger partial charge in [-0.15, -0.1) is 0 Å². The summed E-state index contributed by atoms with van der Waals surface area (Å²) in [5.74, 6) is -1.31. The predicted molar refractivity (Wildman–Crippen MR) is 180 cm³/mol. The van der Waals surface area contributed by atoms with E-state index in [1.54, 1.807) is 6.07 Å². The Labute approximate surface area is 279 Å². The summed E-state index contributed by atoms with van der Waals surface area (Å²) in [4.78, 5) is 27.2. The molecule has 4 N–H and O–H groups in total. The molecule has 0 saturated carbocycles. The van der Waals surface area contributed by atoms with Crippen molar-refractivity contribution < 1.29 is 39.5 Å². The molecule has 9 heteroatoms. The fourth-order valence-corrected chi connectivity index (χ4v) is 7.00. The second-order valence-corrected chi connectivity index (χ2v) is 15.4. The van der Waals surface area contributed by atoms with Crippen molar-refractivity contribution in [1.82, 2.24) is 4.90 Å². The van der Waals surface area contributed by atoms with Gasteiger partial charge in [0.15, 0.2) is 5.60 Å². The van der Waals surface area contributed by atoms with Crippen molar-refractivity contribution in [2.75, 3.05) is 27.2 Å². The molecule has 0 amide bonds. The Morgan fingerprint density at radius 1 is 0.894 bits per heavy atom. The van der Waals surface area contributed by atoms with E-state index < -0.39 is 35.3 Å². The van der Waals surface area contributed by atoms with E-state index in [1.807, 2.05) is 47.0 Å². The Balaban J connectivity index is 1.33. The third-order valence-electron chi connectivity index (χ3n) is 9.89. The summed E-state index contributed by atoms with van der Waals surface area (Å²) in [6, 6.07) is 13.9. The molecule has 0 unspecified atom stereocenters. The topological polar surface area (TPSA) is 137 Å². The van der Waals surface area contributed by atoms with Gasteiger partial charge in [-0.2, -0.15) is 0 Å². The molecule has 2 aliphatic rings. The lowest BCUT2D eigenvalue weighted by atomic mass is 9.75. The number of carbonyl (C=O) groups excluding carboxylic acids is 2. The van der Waals surface area contributed by atoms with Crippen LogP contribution in [-0.2, 0) is 37.7 Å². The standard InChI is InChI=1S/C38H55NO8/c1-25-13-18-29(38-34(44)32(42)33(43)37(47-38,24-46-38)36(4,5)45)21-28(25)20-27-16-14-26(15-17-27)10-8-11-30(40)22-35(2,3)23-31(41)12-9-19-39(6)7/h13-18,21,32-34,42-45H,8-12,19-20,22-24H2,1-7H3/t32-,33-,34+,37-,38-/m0/s1. The Morgan fingerprint density at radius 3 is 2.09 bits per heavy atom. The number of hydrogen-bond donors (Lipinski definition) is 4. The zero-order chi connectivity index (χ0) is 34.8. The first-order valence-electron chi connectivity index (χ1n) is 16.9. The largest absolute Gasteiger partial charge is 0.387 e. The zero-order valence-corrected chi connectivity index (χ0v) is 29.2. The molecule has 2 fully saturated rings. The molecule has 2 heterocycles. The van der Waals surface area contributed by atoms with E-state index in [-0.39, 0.29) is 23.6 Å². The minimum absolute atomic E-state index is 0.197. The molecule has 5 atom stereocenters. The third kappa shape index (κ3) is 8.39. The van der Waals surface area contributed by atoms with Crippen LogP contribution in [0.4, 0.5) is 0 Å². The van der Waals surface area contributed by atoms with Crippen LogP contribution in [0.25, 0.3) is 0 Å². The van der Waals surface area contributed by atoms with Crippen LogP contribution in [0.3, 0.4) is 0 Å². The molecular weight excluding hydrogens is 598 g/mol. The van der Waals surface area contributed by atoms with Gasteiger partial charge in [-0.05, 0) is 101 Å². The maximum absolute atomic E-state index is 12.7. The van der Waals surface area contributed by atoms with Crippen molar-refractivity contribution in [1.29, 1.82) is 0 Å². The lowest BCUT2D eigenvalue weighted by Crippen LogP contribution is -2.70. The highest BCUT2D eigenvalue weighted by Gasteiger charge is 2.71. The number of ketones is 2. The number of aliphatic hydroxyl groups excluding tert-OH is 3. The molecule has 2 bridgehead atoms. The number of Topliss-reactive ketones (excluding diaryl/α,β-unsaturated/α-hetero) is 2. The van der Waals surface area contributed by atoms with Crippen LogP contribution in [0, 0.1) is 12.3 Å². The van der Waals surface area contributed by atoms with Gasteiger partial charge in [-0.3, -0.25) is 9.59 Å². The van der Waals surface area contributed by atoms with Gasteiger partial charge in [0.25, 0.3) is 0 Å². The molecule has 2 aliphatic heterocycles. The zero-order valence-electron chi connectivity index (χ0n) is 29.2. The summed E-state index contributed by atoms with van der Waals surface area (Å²) in [5.41, 5.74) is 1.25. The summed E-state index contributed by atoms with van der Waals surface area (Å²) in [5, 5.41) is 43.5. The average molecular weight is 654 g/mol.